The number of alkyl halides is 1. The monoisotopic (exact) mass is 363 g/mol. The number of carbonyl (C=O) groups is 2. The number of carbonyl (C=O) groups excluding carboxylic acids is 2. The highest BCUT2D eigenvalue weighted by Gasteiger charge is 2.40. The molecule has 3 N–H and O–H groups in total. The minimum atomic E-state index is -1.21. The van der Waals surface area contributed by atoms with E-state index in [1.54, 1.807) is 0 Å². The maximum absolute atomic E-state index is 13.9. The second kappa shape index (κ2) is 8.49. The fourth-order valence-corrected chi connectivity index (χ4v) is 3.70. The number of hydrogen-bond donors (Lipinski definition) is 2. The Kier molecular flexibility index (Phi) is 6.08. The maximum Gasteiger partial charge on any atom is 0.410 e. The van der Waals surface area contributed by atoms with Crippen molar-refractivity contribution in [1.82, 2.24) is 10.2 Å². The van der Waals surface area contributed by atoms with E-state index in [4.69, 9.17) is 10.5 Å². The number of nitrogens with two attached hydrogens (primary N) is 1. The largest absolute Gasteiger partial charge is 0.445 e. The molecule has 1 aromatic rings. The minimum absolute atomic E-state index is 0.0104. The SMILES string of the molecule is N[C@@H]1CC[C@H](CNC(=O)[C@@H]2C[C@H](F)CN2C(=O)OCc2ccccc2)C1. The molecule has 1 saturated heterocycles. The quantitative estimate of drug-likeness (QED) is 0.838. The number of nitrogens with zero attached hydrogens (tertiary/aromatic N) is 1. The zero-order chi connectivity index (χ0) is 18.5. The van der Waals surface area contributed by atoms with Crippen molar-refractivity contribution in [3.8, 4) is 0 Å². The number of benzene rings is 1. The molecule has 2 fully saturated rings. The van der Waals surface area contributed by atoms with Crippen LogP contribution >= 0.6 is 0 Å². The van der Waals surface area contributed by atoms with E-state index in [9.17, 15) is 14.0 Å². The van der Waals surface area contributed by atoms with E-state index >= 15 is 0 Å². The highest BCUT2D eigenvalue weighted by molar-refractivity contribution is 5.86. The summed E-state index contributed by atoms with van der Waals surface area (Å²) in [7, 11) is 0. The number of nitrogens with one attached hydrogen (secondary N) is 1. The zero-order valence-electron chi connectivity index (χ0n) is 14.8. The molecule has 1 heterocycles. The zero-order valence-corrected chi connectivity index (χ0v) is 14.8. The number of likely N-dealkylation sites (tertiary alicyclic amines) is 1. The van der Waals surface area contributed by atoms with Crippen molar-refractivity contribution >= 4 is 12.0 Å². The van der Waals surface area contributed by atoms with E-state index in [2.05, 4.69) is 5.32 Å². The van der Waals surface area contributed by atoms with Gasteiger partial charge in [0.25, 0.3) is 0 Å². The summed E-state index contributed by atoms with van der Waals surface area (Å²) in [6, 6.07) is 8.63. The summed E-state index contributed by atoms with van der Waals surface area (Å²) in [4.78, 5) is 26.0. The van der Waals surface area contributed by atoms with Crippen LogP contribution in [-0.2, 0) is 16.1 Å². The highest BCUT2D eigenvalue weighted by Crippen LogP contribution is 2.25. The molecule has 0 radical (unpaired) electrons. The number of rotatable bonds is 5. The van der Waals surface area contributed by atoms with Crippen molar-refractivity contribution in [3.05, 3.63) is 35.9 Å². The van der Waals surface area contributed by atoms with Crippen molar-refractivity contribution in [2.75, 3.05) is 13.1 Å². The van der Waals surface area contributed by atoms with Crippen molar-refractivity contribution in [2.45, 2.75) is 50.5 Å². The molecular formula is C19H26FN3O3. The number of amides is 2. The van der Waals surface area contributed by atoms with Crippen LogP contribution in [0.25, 0.3) is 0 Å². The van der Waals surface area contributed by atoms with E-state index in [1.165, 1.54) is 4.90 Å². The molecule has 7 heteroatoms. The lowest BCUT2D eigenvalue weighted by molar-refractivity contribution is -0.125. The van der Waals surface area contributed by atoms with Crippen molar-refractivity contribution in [3.63, 3.8) is 0 Å². The van der Waals surface area contributed by atoms with Gasteiger partial charge in [0.15, 0.2) is 0 Å². The van der Waals surface area contributed by atoms with Gasteiger partial charge in [-0.1, -0.05) is 30.3 Å². The number of halogens is 1. The van der Waals surface area contributed by atoms with Crippen molar-refractivity contribution in [2.24, 2.45) is 11.7 Å². The summed E-state index contributed by atoms with van der Waals surface area (Å²) in [5.41, 5.74) is 6.73. The first kappa shape index (κ1) is 18.6. The Hall–Kier alpha value is -2.15. The molecule has 2 amide bonds. The van der Waals surface area contributed by atoms with Gasteiger partial charge < -0.3 is 15.8 Å². The molecule has 1 aliphatic carbocycles. The lowest BCUT2D eigenvalue weighted by Gasteiger charge is -2.23. The Morgan fingerprint density at radius 2 is 2.00 bits per heavy atom. The fraction of sp³-hybridized carbons (Fsp3) is 0.579. The van der Waals surface area contributed by atoms with Gasteiger partial charge in [0.05, 0.1) is 6.54 Å². The Balaban J connectivity index is 1.51. The average Bonchev–Trinajstić information content (AvgIpc) is 3.24. The molecule has 1 aromatic carbocycles. The van der Waals surface area contributed by atoms with Gasteiger partial charge >= 0.3 is 6.09 Å². The van der Waals surface area contributed by atoms with E-state index in [1.807, 2.05) is 30.3 Å². The van der Waals surface area contributed by atoms with Crippen LogP contribution in [0, 0.1) is 5.92 Å². The van der Waals surface area contributed by atoms with Crippen LogP contribution in [0.2, 0.25) is 0 Å². The van der Waals surface area contributed by atoms with Gasteiger partial charge in [-0.25, -0.2) is 9.18 Å². The Morgan fingerprint density at radius 3 is 2.69 bits per heavy atom. The van der Waals surface area contributed by atoms with Crippen LogP contribution in [-0.4, -0.2) is 48.2 Å². The highest BCUT2D eigenvalue weighted by atomic mass is 19.1. The summed E-state index contributed by atoms with van der Waals surface area (Å²) >= 11 is 0. The normalized spacial score (nSPS) is 28.2. The fourth-order valence-electron chi connectivity index (χ4n) is 3.70. The van der Waals surface area contributed by atoms with Gasteiger partial charge in [0, 0.05) is 19.0 Å². The van der Waals surface area contributed by atoms with Gasteiger partial charge in [-0.15, -0.1) is 0 Å². The summed E-state index contributed by atoms with van der Waals surface area (Å²) in [6.07, 6.45) is 0.984. The molecular weight excluding hydrogens is 337 g/mol. The van der Waals surface area contributed by atoms with Crippen LogP contribution in [0.15, 0.2) is 30.3 Å². The van der Waals surface area contributed by atoms with E-state index in [0.717, 1.165) is 24.8 Å². The molecule has 0 aromatic heterocycles. The van der Waals surface area contributed by atoms with Gasteiger partial charge in [0.1, 0.15) is 18.8 Å². The topological polar surface area (TPSA) is 84.7 Å². The third-order valence-corrected chi connectivity index (χ3v) is 5.14. The molecule has 3 rings (SSSR count). The van der Waals surface area contributed by atoms with Crippen LogP contribution in [0.1, 0.15) is 31.2 Å². The van der Waals surface area contributed by atoms with Crippen molar-refractivity contribution in [1.29, 1.82) is 0 Å². The second-order valence-corrected chi connectivity index (χ2v) is 7.23. The maximum atomic E-state index is 13.9. The Bertz CT molecular complexity index is 628. The first-order chi connectivity index (χ1) is 12.5. The Morgan fingerprint density at radius 1 is 1.23 bits per heavy atom. The molecule has 0 unspecified atom stereocenters. The van der Waals surface area contributed by atoms with Gasteiger partial charge in [-0.2, -0.15) is 0 Å². The lowest BCUT2D eigenvalue weighted by Crippen LogP contribution is -2.47. The first-order valence-corrected chi connectivity index (χ1v) is 9.17. The average molecular weight is 363 g/mol. The number of hydrogen-bond acceptors (Lipinski definition) is 4. The molecule has 1 saturated carbocycles. The Labute approximate surface area is 152 Å². The lowest BCUT2D eigenvalue weighted by atomic mass is 10.1. The molecule has 2 aliphatic rings. The van der Waals surface area contributed by atoms with Gasteiger partial charge in [0.2, 0.25) is 5.91 Å². The predicted octanol–water partition coefficient (Wildman–Crippen LogP) is 1.98. The predicted molar refractivity (Wildman–Crippen MR) is 95.0 cm³/mol. The van der Waals surface area contributed by atoms with E-state index in [0.29, 0.717) is 12.5 Å². The summed E-state index contributed by atoms with van der Waals surface area (Å²) in [5, 5.41) is 2.86. The summed E-state index contributed by atoms with van der Waals surface area (Å²) < 4.78 is 19.1. The summed E-state index contributed by atoms with van der Waals surface area (Å²) in [6.45, 7) is 0.508. The molecule has 26 heavy (non-hydrogen) atoms. The standard InChI is InChI=1S/C19H26FN3O3/c20-15-9-17(18(24)22-10-14-6-7-16(21)8-14)23(11-15)19(25)26-12-13-4-2-1-3-5-13/h1-5,14-17H,6-12,21H2,(H,22,24)/t14-,15-,16+,17-/m0/s1. The number of ether oxygens (including phenoxy) is 1. The molecule has 4 atom stereocenters. The smallest absolute Gasteiger partial charge is 0.410 e. The summed E-state index contributed by atoms with van der Waals surface area (Å²) in [5.74, 6) is 0.0392. The molecule has 0 spiro atoms. The van der Waals surface area contributed by atoms with Gasteiger partial charge in [-0.05, 0) is 30.7 Å². The van der Waals surface area contributed by atoms with Crippen LogP contribution < -0.4 is 11.1 Å². The van der Waals surface area contributed by atoms with E-state index < -0.39 is 18.3 Å². The van der Waals surface area contributed by atoms with Crippen molar-refractivity contribution < 1.29 is 18.7 Å². The van der Waals surface area contributed by atoms with Crippen LogP contribution in [0.3, 0.4) is 0 Å². The first-order valence-electron chi connectivity index (χ1n) is 9.17. The molecule has 6 nitrogen and oxygen atoms in total. The van der Waals surface area contributed by atoms with Crippen LogP contribution in [0.5, 0.6) is 0 Å². The third kappa shape index (κ3) is 4.72. The third-order valence-electron chi connectivity index (χ3n) is 5.14. The molecule has 142 valence electrons. The molecule has 1 aliphatic heterocycles. The molecule has 0 bridgehead atoms. The van der Waals surface area contributed by atoms with Gasteiger partial charge in [-0.3, -0.25) is 9.69 Å². The second-order valence-electron chi connectivity index (χ2n) is 7.23. The van der Waals surface area contributed by atoms with Crippen LogP contribution in [0.4, 0.5) is 9.18 Å². The van der Waals surface area contributed by atoms with E-state index in [-0.39, 0.29) is 31.5 Å². The minimum Gasteiger partial charge on any atom is -0.445 e.